The predicted octanol–water partition coefficient (Wildman–Crippen LogP) is 1.29. The van der Waals surface area contributed by atoms with Gasteiger partial charge in [0.25, 0.3) is 5.91 Å². The van der Waals surface area contributed by atoms with Gasteiger partial charge in [0.15, 0.2) is 6.04 Å². The predicted molar refractivity (Wildman–Crippen MR) is 107 cm³/mol. The number of hydrogen-bond donors (Lipinski definition) is 2. The Hall–Kier alpha value is -2.22. The van der Waals surface area contributed by atoms with Crippen LogP contribution in [-0.4, -0.2) is 45.8 Å². The van der Waals surface area contributed by atoms with Crippen LogP contribution in [0.15, 0.2) is 53.4 Å². The molecule has 0 aliphatic carbocycles. The van der Waals surface area contributed by atoms with E-state index in [0.717, 1.165) is 15.7 Å². The van der Waals surface area contributed by atoms with Crippen molar-refractivity contribution in [3.8, 4) is 0 Å². The van der Waals surface area contributed by atoms with E-state index in [0.29, 0.717) is 5.69 Å². The average molecular weight is 391 g/mol. The third-order valence-corrected chi connectivity index (χ3v) is 6.55. The van der Waals surface area contributed by atoms with Gasteiger partial charge in [0, 0.05) is 25.3 Å². The number of nitrogens with zero attached hydrogens (tertiary/aromatic N) is 1. The van der Waals surface area contributed by atoms with Gasteiger partial charge in [0.1, 0.15) is 6.54 Å². The maximum absolute atomic E-state index is 12.6. The van der Waals surface area contributed by atoms with E-state index in [-0.39, 0.29) is 16.8 Å². The van der Waals surface area contributed by atoms with Crippen molar-refractivity contribution in [2.45, 2.75) is 31.3 Å². The molecule has 2 rings (SSSR count). The number of carbonyl (C=O) groups excluding carboxylic acids is 1. The number of carbonyl (C=O) groups is 1. The van der Waals surface area contributed by atoms with Crippen LogP contribution in [0.25, 0.3) is 0 Å². The third-order valence-electron chi connectivity index (χ3n) is 4.74. The van der Waals surface area contributed by atoms with E-state index in [1.807, 2.05) is 26.1 Å². The molecule has 0 fully saturated rings. The number of hydrogen-bond acceptors (Lipinski definition) is 3. The SMILES string of the molecule is Cc1ccccc1C[NH+](C)[C@@H](C)C(=O)Nc1cccc(S(=O)(=O)N(C)C)c1. The van der Waals surface area contributed by atoms with E-state index in [9.17, 15) is 13.2 Å². The van der Waals surface area contributed by atoms with Crippen molar-refractivity contribution >= 4 is 21.6 Å². The lowest BCUT2D eigenvalue weighted by Crippen LogP contribution is -3.12. The fourth-order valence-corrected chi connectivity index (χ4v) is 3.63. The van der Waals surface area contributed by atoms with Gasteiger partial charge < -0.3 is 10.2 Å². The zero-order chi connectivity index (χ0) is 20.2. The van der Waals surface area contributed by atoms with Crippen molar-refractivity contribution in [3.05, 3.63) is 59.7 Å². The summed E-state index contributed by atoms with van der Waals surface area (Å²) < 4.78 is 25.7. The van der Waals surface area contributed by atoms with Crippen LogP contribution in [0.4, 0.5) is 5.69 Å². The highest BCUT2D eigenvalue weighted by Crippen LogP contribution is 2.18. The number of anilines is 1. The highest BCUT2D eigenvalue weighted by atomic mass is 32.2. The molecule has 2 N–H and O–H groups in total. The van der Waals surface area contributed by atoms with Crippen molar-refractivity contribution in [2.75, 3.05) is 26.5 Å². The smallest absolute Gasteiger partial charge is 0.282 e. The fraction of sp³-hybridized carbons (Fsp3) is 0.350. The first kappa shape index (κ1) is 21.1. The summed E-state index contributed by atoms with van der Waals surface area (Å²) in [5, 5.41) is 2.83. The Morgan fingerprint density at radius 2 is 1.81 bits per heavy atom. The number of aryl methyl sites for hydroxylation is 1. The van der Waals surface area contributed by atoms with Crippen LogP contribution in [0.2, 0.25) is 0 Å². The minimum absolute atomic E-state index is 0.151. The Kier molecular flexibility index (Phi) is 6.75. The summed E-state index contributed by atoms with van der Waals surface area (Å²) >= 11 is 0. The maximum atomic E-state index is 12.6. The summed E-state index contributed by atoms with van der Waals surface area (Å²) in [5.41, 5.74) is 2.87. The van der Waals surface area contributed by atoms with Gasteiger partial charge in [-0.3, -0.25) is 4.79 Å². The van der Waals surface area contributed by atoms with Crippen LogP contribution in [0.5, 0.6) is 0 Å². The van der Waals surface area contributed by atoms with Gasteiger partial charge in [-0.05, 0) is 37.6 Å². The Morgan fingerprint density at radius 3 is 2.44 bits per heavy atom. The van der Waals surface area contributed by atoms with Crippen molar-refractivity contribution in [1.82, 2.24) is 4.31 Å². The lowest BCUT2D eigenvalue weighted by atomic mass is 10.1. The quantitative estimate of drug-likeness (QED) is 0.748. The van der Waals surface area contributed by atoms with Gasteiger partial charge in [0.2, 0.25) is 10.0 Å². The average Bonchev–Trinajstić information content (AvgIpc) is 2.63. The molecule has 0 saturated heterocycles. The molecule has 0 saturated carbocycles. The second-order valence-corrected chi connectivity index (χ2v) is 9.13. The molecule has 7 heteroatoms. The molecule has 27 heavy (non-hydrogen) atoms. The van der Waals surface area contributed by atoms with Crippen molar-refractivity contribution < 1.29 is 18.1 Å². The van der Waals surface area contributed by atoms with Gasteiger partial charge in [-0.15, -0.1) is 0 Å². The second kappa shape index (κ2) is 8.65. The molecule has 0 aromatic heterocycles. The van der Waals surface area contributed by atoms with Gasteiger partial charge in [-0.2, -0.15) is 0 Å². The van der Waals surface area contributed by atoms with E-state index < -0.39 is 10.0 Å². The van der Waals surface area contributed by atoms with Crippen molar-refractivity contribution in [1.29, 1.82) is 0 Å². The summed E-state index contributed by atoms with van der Waals surface area (Å²) in [5.74, 6) is -0.152. The van der Waals surface area contributed by atoms with Crippen LogP contribution in [0.1, 0.15) is 18.1 Å². The van der Waals surface area contributed by atoms with Crippen LogP contribution in [0, 0.1) is 6.92 Å². The van der Waals surface area contributed by atoms with E-state index in [1.165, 1.54) is 37.4 Å². The number of benzene rings is 2. The first-order valence-electron chi connectivity index (χ1n) is 8.83. The number of sulfonamides is 1. The highest BCUT2D eigenvalue weighted by Gasteiger charge is 2.23. The number of rotatable bonds is 7. The number of nitrogens with one attached hydrogen (secondary N) is 2. The standard InChI is InChI=1S/C20H27N3O3S/c1-15-9-6-7-10-17(15)14-23(5)16(2)20(24)21-18-11-8-12-19(13-18)27(25,26)22(3)4/h6-13,16H,14H2,1-5H3,(H,21,24)/p+1/t16-/m0/s1. The molecule has 0 aliphatic rings. The lowest BCUT2D eigenvalue weighted by Gasteiger charge is -2.22. The topological polar surface area (TPSA) is 70.9 Å². The molecule has 0 aliphatic heterocycles. The molecule has 2 aromatic rings. The molecule has 6 nitrogen and oxygen atoms in total. The highest BCUT2D eigenvalue weighted by molar-refractivity contribution is 7.89. The minimum Gasteiger partial charge on any atom is -0.324 e. The van der Waals surface area contributed by atoms with Gasteiger partial charge in [-0.1, -0.05) is 30.3 Å². The van der Waals surface area contributed by atoms with Gasteiger partial charge in [-0.25, -0.2) is 12.7 Å². The molecule has 2 aromatic carbocycles. The molecule has 0 bridgehead atoms. The molecular weight excluding hydrogens is 362 g/mol. The zero-order valence-corrected chi connectivity index (χ0v) is 17.3. The van der Waals surface area contributed by atoms with E-state index in [1.54, 1.807) is 12.1 Å². The molecule has 0 spiro atoms. The molecule has 146 valence electrons. The van der Waals surface area contributed by atoms with Gasteiger partial charge in [0.05, 0.1) is 11.9 Å². The summed E-state index contributed by atoms with van der Waals surface area (Å²) in [4.78, 5) is 13.8. The Balaban J connectivity index is 2.09. The molecule has 1 unspecified atom stereocenters. The van der Waals surface area contributed by atoms with Crippen molar-refractivity contribution in [3.63, 3.8) is 0 Å². The van der Waals surface area contributed by atoms with E-state index >= 15 is 0 Å². The first-order valence-corrected chi connectivity index (χ1v) is 10.3. The summed E-state index contributed by atoms with van der Waals surface area (Å²) in [6.07, 6.45) is 0. The van der Waals surface area contributed by atoms with Crippen LogP contribution < -0.4 is 10.2 Å². The molecule has 2 atom stereocenters. The fourth-order valence-electron chi connectivity index (χ4n) is 2.68. The molecule has 1 amide bonds. The first-order chi connectivity index (χ1) is 12.6. The minimum atomic E-state index is -3.54. The number of likely N-dealkylation sites (N-methyl/N-ethyl adjacent to an activating group) is 1. The van der Waals surface area contributed by atoms with Crippen LogP contribution >= 0.6 is 0 Å². The zero-order valence-electron chi connectivity index (χ0n) is 16.5. The summed E-state index contributed by atoms with van der Waals surface area (Å²) in [6.45, 7) is 4.66. The Labute approximate surface area is 161 Å². The molecule has 0 radical (unpaired) electrons. The number of amides is 1. The van der Waals surface area contributed by atoms with Crippen molar-refractivity contribution in [2.24, 2.45) is 0 Å². The second-order valence-electron chi connectivity index (χ2n) is 6.98. The molecule has 0 heterocycles. The van der Waals surface area contributed by atoms with Gasteiger partial charge >= 0.3 is 0 Å². The lowest BCUT2D eigenvalue weighted by molar-refractivity contribution is -0.907. The Morgan fingerprint density at radius 1 is 1.15 bits per heavy atom. The monoisotopic (exact) mass is 390 g/mol. The summed E-state index contributed by atoms with van der Waals surface area (Å²) in [6, 6.07) is 14.1. The van der Waals surface area contributed by atoms with Crippen LogP contribution in [0.3, 0.4) is 0 Å². The largest absolute Gasteiger partial charge is 0.324 e. The maximum Gasteiger partial charge on any atom is 0.282 e. The third kappa shape index (κ3) is 5.15. The summed E-state index contributed by atoms with van der Waals surface area (Å²) in [7, 11) is 1.39. The Bertz CT molecular complexity index is 910. The van der Waals surface area contributed by atoms with Crippen LogP contribution in [-0.2, 0) is 21.4 Å². The van der Waals surface area contributed by atoms with E-state index in [2.05, 4.69) is 24.4 Å². The normalized spacial score (nSPS) is 14.0. The molecular formula is C20H28N3O3S+. The number of quaternary nitrogens is 1. The van der Waals surface area contributed by atoms with E-state index in [4.69, 9.17) is 0 Å².